The second-order valence-corrected chi connectivity index (χ2v) is 6.80. The van der Waals surface area contributed by atoms with Gasteiger partial charge in [-0.25, -0.2) is 0 Å². The van der Waals surface area contributed by atoms with E-state index in [1.807, 2.05) is 43.3 Å². The summed E-state index contributed by atoms with van der Waals surface area (Å²) in [6.07, 6.45) is 1.19. The molecule has 0 spiro atoms. The van der Waals surface area contributed by atoms with Crippen LogP contribution < -0.4 is 0 Å². The van der Waals surface area contributed by atoms with Crippen LogP contribution in [0.3, 0.4) is 0 Å². The van der Waals surface area contributed by atoms with Crippen molar-refractivity contribution >= 4 is 23.3 Å². The zero-order valence-corrected chi connectivity index (χ0v) is 14.9. The van der Waals surface area contributed by atoms with Gasteiger partial charge in [-0.3, -0.25) is 4.79 Å². The van der Waals surface area contributed by atoms with Crippen LogP contribution in [0.2, 0.25) is 0 Å². The normalized spacial score (nSPS) is 11.8. The third kappa shape index (κ3) is 6.38. The average Bonchev–Trinajstić information content (AvgIpc) is 2.60. The van der Waals surface area contributed by atoms with E-state index in [0.29, 0.717) is 12.0 Å². The first kappa shape index (κ1) is 19.2. The summed E-state index contributed by atoms with van der Waals surface area (Å²) in [5.74, 6) is 0.000581. The first-order chi connectivity index (χ1) is 12.0. The highest BCUT2D eigenvalue weighted by Gasteiger charge is 2.04. The Morgan fingerprint density at radius 1 is 1.16 bits per heavy atom. The Kier molecular flexibility index (Phi) is 7.25. The zero-order valence-electron chi connectivity index (χ0n) is 14.1. The summed E-state index contributed by atoms with van der Waals surface area (Å²) in [5, 5.41) is 26.9. The van der Waals surface area contributed by atoms with Crippen molar-refractivity contribution in [3.63, 3.8) is 0 Å². The second-order valence-electron chi connectivity index (χ2n) is 5.75. The van der Waals surface area contributed by atoms with Gasteiger partial charge in [-0.15, -0.1) is 11.8 Å². The van der Waals surface area contributed by atoms with Gasteiger partial charge in [0.15, 0.2) is 6.29 Å². The van der Waals surface area contributed by atoms with Crippen molar-refractivity contribution in [1.29, 1.82) is 0 Å². The molecule has 132 valence electrons. The van der Waals surface area contributed by atoms with Crippen molar-refractivity contribution in [2.24, 2.45) is 0 Å². The fourth-order valence-corrected chi connectivity index (χ4v) is 3.22. The Balaban J connectivity index is 1.97. The van der Waals surface area contributed by atoms with E-state index in [9.17, 15) is 4.79 Å². The van der Waals surface area contributed by atoms with E-state index in [-0.39, 0.29) is 6.42 Å². The van der Waals surface area contributed by atoms with Crippen molar-refractivity contribution < 1.29 is 20.1 Å². The number of carbonyl (C=O) groups is 1. The molecular formula is C20H22O4S. The van der Waals surface area contributed by atoms with Crippen LogP contribution in [0, 0.1) is 0 Å². The lowest BCUT2D eigenvalue weighted by Gasteiger charge is -2.08. The monoisotopic (exact) mass is 358 g/mol. The van der Waals surface area contributed by atoms with Gasteiger partial charge < -0.3 is 15.3 Å². The number of carboxylic acids is 1. The van der Waals surface area contributed by atoms with E-state index < -0.39 is 12.3 Å². The Labute approximate surface area is 151 Å². The van der Waals surface area contributed by atoms with E-state index in [1.54, 1.807) is 23.9 Å². The van der Waals surface area contributed by atoms with Crippen LogP contribution in [0.1, 0.15) is 42.7 Å². The molecule has 0 saturated carbocycles. The Bertz CT molecular complexity index is 736. The van der Waals surface area contributed by atoms with E-state index in [2.05, 4.69) is 6.07 Å². The lowest BCUT2D eigenvalue weighted by molar-refractivity contribution is -0.136. The van der Waals surface area contributed by atoms with Gasteiger partial charge in [0.2, 0.25) is 0 Å². The molecule has 0 aromatic heterocycles. The summed E-state index contributed by atoms with van der Waals surface area (Å²) in [7, 11) is 0. The van der Waals surface area contributed by atoms with Gasteiger partial charge in [-0.1, -0.05) is 42.5 Å². The molecule has 0 aliphatic carbocycles. The number of rotatable bonds is 8. The highest BCUT2D eigenvalue weighted by Crippen LogP contribution is 2.26. The van der Waals surface area contributed by atoms with Crippen LogP contribution in [0.15, 0.2) is 59.5 Å². The van der Waals surface area contributed by atoms with Crippen molar-refractivity contribution in [1.82, 2.24) is 0 Å². The van der Waals surface area contributed by atoms with Crippen LogP contribution in [-0.2, 0) is 10.5 Å². The fourth-order valence-electron chi connectivity index (χ4n) is 2.31. The predicted molar refractivity (Wildman–Crippen MR) is 100 cm³/mol. The molecule has 0 aliphatic heterocycles. The second kappa shape index (κ2) is 9.42. The molecule has 0 saturated heterocycles. The maximum atomic E-state index is 10.6. The summed E-state index contributed by atoms with van der Waals surface area (Å²) < 4.78 is 0. The molecule has 25 heavy (non-hydrogen) atoms. The summed E-state index contributed by atoms with van der Waals surface area (Å²) in [5.41, 5.74) is 3.76. The van der Waals surface area contributed by atoms with Gasteiger partial charge in [-0.05, 0) is 42.2 Å². The summed E-state index contributed by atoms with van der Waals surface area (Å²) in [4.78, 5) is 11.7. The Hall–Kier alpha value is -2.08. The van der Waals surface area contributed by atoms with Gasteiger partial charge >= 0.3 is 5.97 Å². The number of carboxylic acid groups (broad SMARTS) is 1. The third-order valence-electron chi connectivity index (χ3n) is 3.78. The average molecular weight is 358 g/mol. The van der Waals surface area contributed by atoms with Crippen LogP contribution in [0.5, 0.6) is 0 Å². The van der Waals surface area contributed by atoms with E-state index in [4.69, 9.17) is 15.3 Å². The molecule has 2 rings (SSSR count). The molecule has 0 radical (unpaired) electrons. The lowest BCUT2D eigenvalue weighted by atomic mass is 10.1. The number of hydrogen-bond acceptors (Lipinski definition) is 4. The van der Waals surface area contributed by atoms with Crippen LogP contribution in [0.25, 0.3) is 5.57 Å². The molecule has 0 atom stereocenters. The SMILES string of the molecule is CC(=CCCC(=O)O)c1cccc(SCc2ccc(C(O)O)cc2)c1. The number of thioether (sulfide) groups is 1. The van der Waals surface area contributed by atoms with E-state index >= 15 is 0 Å². The summed E-state index contributed by atoms with van der Waals surface area (Å²) in [6.45, 7) is 1.99. The van der Waals surface area contributed by atoms with Crippen LogP contribution in [0.4, 0.5) is 0 Å². The Morgan fingerprint density at radius 2 is 1.88 bits per heavy atom. The lowest BCUT2D eigenvalue weighted by Crippen LogP contribution is -1.94. The van der Waals surface area contributed by atoms with Gasteiger partial charge in [0.25, 0.3) is 0 Å². The molecule has 0 bridgehead atoms. The number of hydrogen-bond donors (Lipinski definition) is 3. The molecule has 0 amide bonds. The van der Waals surface area contributed by atoms with Gasteiger partial charge in [-0.2, -0.15) is 0 Å². The smallest absolute Gasteiger partial charge is 0.303 e. The summed E-state index contributed by atoms with van der Waals surface area (Å²) >= 11 is 1.70. The van der Waals surface area contributed by atoms with Crippen molar-refractivity contribution in [2.45, 2.75) is 36.7 Å². The molecule has 3 N–H and O–H groups in total. The maximum absolute atomic E-state index is 10.6. The number of allylic oxidation sites excluding steroid dienone is 2. The van der Waals surface area contributed by atoms with E-state index in [1.165, 1.54) is 0 Å². The first-order valence-corrected chi connectivity index (χ1v) is 9.01. The minimum atomic E-state index is -1.44. The molecule has 0 unspecified atom stereocenters. The van der Waals surface area contributed by atoms with Gasteiger partial charge in [0.1, 0.15) is 0 Å². The van der Waals surface area contributed by atoms with Crippen LogP contribution in [-0.4, -0.2) is 21.3 Å². The number of aliphatic carboxylic acids is 1. The fraction of sp³-hybridized carbons (Fsp3) is 0.250. The van der Waals surface area contributed by atoms with Gasteiger partial charge in [0.05, 0.1) is 0 Å². The van der Waals surface area contributed by atoms with Crippen molar-refractivity contribution in [3.8, 4) is 0 Å². The predicted octanol–water partition coefficient (Wildman–Crippen LogP) is 4.23. The molecule has 0 heterocycles. The van der Waals surface area contributed by atoms with Crippen molar-refractivity contribution in [3.05, 3.63) is 71.3 Å². The molecule has 2 aromatic rings. The van der Waals surface area contributed by atoms with Gasteiger partial charge in [0, 0.05) is 22.6 Å². The van der Waals surface area contributed by atoms with E-state index in [0.717, 1.165) is 27.3 Å². The maximum Gasteiger partial charge on any atom is 0.303 e. The topological polar surface area (TPSA) is 77.8 Å². The largest absolute Gasteiger partial charge is 0.481 e. The molecule has 0 fully saturated rings. The zero-order chi connectivity index (χ0) is 18.2. The quantitative estimate of drug-likeness (QED) is 0.486. The van der Waals surface area contributed by atoms with Crippen molar-refractivity contribution in [2.75, 3.05) is 0 Å². The standard InChI is InChI=1S/C20H22O4S/c1-14(4-2-7-19(21)22)17-5-3-6-18(12-17)25-13-15-8-10-16(11-9-15)20(23)24/h3-6,8-12,20,23-24H,2,7,13H2,1H3,(H,21,22). The molecule has 4 nitrogen and oxygen atoms in total. The molecule has 5 heteroatoms. The number of benzene rings is 2. The highest BCUT2D eigenvalue weighted by molar-refractivity contribution is 7.98. The highest BCUT2D eigenvalue weighted by atomic mass is 32.2. The molecule has 0 aliphatic rings. The minimum Gasteiger partial charge on any atom is -0.481 e. The molecule has 2 aromatic carbocycles. The molecular weight excluding hydrogens is 336 g/mol. The third-order valence-corrected chi connectivity index (χ3v) is 4.85. The number of aliphatic hydroxyl groups excluding tert-OH is 1. The van der Waals surface area contributed by atoms with Crippen LogP contribution >= 0.6 is 11.8 Å². The number of aliphatic hydroxyl groups is 2. The first-order valence-electron chi connectivity index (χ1n) is 8.02. The minimum absolute atomic E-state index is 0.143. The Morgan fingerprint density at radius 3 is 2.52 bits per heavy atom. The summed E-state index contributed by atoms with van der Waals surface area (Å²) in [6, 6.07) is 15.4.